The zero-order chi connectivity index (χ0) is 19.6. The Balaban J connectivity index is 1.83. The van der Waals surface area contributed by atoms with Crippen LogP contribution in [0.2, 0.25) is 0 Å². The van der Waals surface area contributed by atoms with Crippen LogP contribution < -0.4 is 10.9 Å². The maximum absolute atomic E-state index is 12.8. The average molecular weight is 393 g/mol. The van der Waals surface area contributed by atoms with Crippen molar-refractivity contribution < 1.29 is 18.0 Å². The van der Waals surface area contributed by atoms with Gasteiger partial charge < -0.3 is 4.57 Å². The molecule has 0 aliphatic heterocycles. The molecule has 0 saturated carbocycles. The molecule has 27 heavy (non-hydrogen) atoms. The van der Waals surface area contributed by atoms with Gasteiger partial charge in [-0.2, -0.15) is 13.2 Å². The van der Waals surface area contributed by atoms with Crippen molar-refractivity contribution in [2.45, 2.75) is 19.6 Å². The highest BCUT2D eigenvalue weighted by atomic mass is 32.1. The molecule has 1 aromatic carbocycles. The van der Waals surface area contributed by atoms with Gasteiger partial charge in [-0.05, 0) is 30.7 Å². The van der Waals surface area contributed by atoms with Crippen molar-refractivity contribution in [3.63, 3.8) is 0 Å². The van der Waals surface area contributed by atoms with Crippen LogP contribution in [-0.2, 0) is 12.7 Å². The Morgan fingerprint density at radius 3 is 2.70 bits per heavy atom. The first-order chi connectivity index (χ1) is 12.7. The molecule has 1 amide bonds. The Labute approximate surface area is 156 Å². The van der Waals surface area contributed by atoms with Crippen LogP contribution in [0.1, 0.15) is 27.2 Å². The number of pyridine rings is 1. The molecule has 0 saturated heterocycles. The number of aryl methyl sites for hydroxylation is 1. The molecule has 3 rings (SSSR count). The highest BCUT2D eigenvalue weighted by molar-refractivity contribution is 7.13. The Hall–Kier alpha value is -2.94. The minimum atomic E-state index is -4.46. The summed E-state index contributed by atoms with van der Waals surface area (Å²) in [6.07, 6.45) is -3.15. The van der Waals surface area contributed by atoms with Crippen LogP contribution in [-0.4, -0.2) is 15.5 Å². The number of amides is 1. The molecular formula is C18H14F3N3O2S. The molecule has 0 bridgehead atoms. The molecular weight excluding hydrogens is 379 g/mol. The number of thiazole rings is 1. The maximum atomic E-state index is 12.8. The van der Waals surface area contributed by atoms with Gasteiger partial charge in [0, 0.05) is 17.6 Å². The van der Waals surface area contributed by atoms with E-state index in [1.807, 2.05) is 0 Å². The third-order valence-corrected chi connectivity index (χ3v) is 4.57. The van der Waals surface area contributed by atoms with Crippen molar-refractivity contribution in [2.24, 2.45) is 0 Å². The lowest BCUT2D eigenvalue weighted by atomic mass is 10.1. The van der Waals surface area contributed by atoms with Crippen LogP contribution in [0.4, 0.5) is 18.3 Å². The van der Waals surface area contributed by atoms with Gasteiger partial charge in [-0.25, -0.2) is 4.98 Å². The summed E-state index contributed by atoms with van der Waals surface area (Å²) in [4.78, 5) is 28.5. The second-order valence-corrected chi connectivity index (χ2v) is 6.69. The van der Waals surface area contributed by atoms with E-state index in [4.69, 9.17) is 0 Å². The minimum absolute atomic E-state index is 0.0831. The highest BCUT2D eigenvalue weighted by Gasteiger charge is 2.30. The number of nitrogens with one attached hydrogen (secondary N) is 1. The second kappa shape index (κ2) is 7.36. The van der Waals surface area contributed by atoms with E-state index in [2.05, 4.69) is 10.3 Å². The monoisotopic (exact) mass is 393 g/mol. The summed E-state index contributed by atoms with van der Waals surface area (Å²) in [5.74, 6) is -0.456. The zero-order valence-corrected chi connectivity index (χ0v) is 14.9. The van der Waals surface area contributed by atoms with Crippen LogP contribution in [0.3, 0.4) is 0 Å². The average Bonchev–Trinajstić information content (AvgIpc) is 3.01. The molecule has 0 radical (unpaired) electrons. The number of benzene rings is 1. The first-order valence-electron chi connectivity index (χ1n) is 7.82. The normalized spacial score (nSPS) is 11.4. The van der Waals surface area contributed by atoms with E-state index in [9.17, 15) is 22.8 Å². The third kappa shape index (κ3) is 4.62. The maximum Gasteiger partial charge on any atom is 0.416 e. The van der Waals surface area contributed by atoms with Gasteiger partial charge in [0.05, 0.1) is 23.4 Å². The number of anilines is 1. The lowest BCUT2D eigenvalue weighted by molar-refractivity contribution is -0.137. The number of hydrogen-bond donors (Lipinski definition) is 1. The molecule has 0 fully saturated rings. The predicted molar refractivity (Wildman–Crippen MR) is 96.1 cm³/mol. The van der Waals surface area contributed by atoms with E-state index in [-0.39, 0.29) is 12.1 Å². The molecule has 0 unspecified atom stereocenters. The Bertz CT molecular complexity index is 1040. The van der Waals surface area contributed by atoms with Crippen molar-refractivity contribution in [1.29, 1.82) is 0 Å². The van der Waals surface area contributed by atoms with Crippen molar-refractivity contribution in [1.82, 2.24) is 9.55 Å². The summed E-state index contributed by atoms with van der Waals surface area (Å²) in [6.45, 7) is 1.71. The van der Waals surface area contributed by atoms with Crippen molar-refractivity contribution in [3.05, 3.63) is 80.7 Å². The Morgan fingerprint density at radius 1 is 1.26 bits per heavy atom. The largest absolute Gasteiger partial charge is 0.416 e. The number of halogens is 3. The van der Waals surface area contributed by atoms with Crippen LogP contribution >= 0.6 is 11.3 Å². The molecule has 3 aromatic rings. The van der Waals surface area contributed by atoms with Crippen LogP contribution in [0.15, 0.2) is 52.8 Å². The molecule has 0 atom stereocenters. The number of aromatic nitrogens is 2. The van der Waals surface area contributed by atoms with E-state index in [1.165, 1.54) is 46.4 Å². The fourth-order valence-corrected chi connectivity index (χ4v) is 3.10. The third-order valence-electron chi connectivity index (χ3n) is 3.69. The van der Waals surface area contributed by atoms with Gasteiger partial charge in [-0.15, -0.1) is 11.3 Å². The van der Waals surface area contributed by atoms with Gasteiger partial charge >= 0.3 is 6.18 Å². The number of rotatable bonds is 4. The fourth-order valence-electron chi connectivity index (χ4n) is 2.41. The van der Waals surface area contributed by atoms with Gasteiger partial charge in [-0.3, -0.25) is 14.9 Å². The van der Waals surface area contributed by atoms with Gasteiger partial charge in [0.25, 0.3) is 11.5 Å². The van der Waals surface area contributed by atoms with Crippen LogP contribution in [0.25, 0.3) is 0 Å². The van der Waals surface area contributed by atoms with Crippen molar-refractivity contribution >= 4 is 22.4 Å². The highest BCUT2D eigenvalue weighted by Crippen LogP contribution is 2.29. The molecule has 2 aromatic heterocycles. The smallest absolute Gasteiger partial charge is 0.310 e. The van der Waals surface area contributed by atoms with E-state index >= 15 is 0 Å². The standard InChI is InChI=1S/C18H14F3N3O2S/c1-11-10-27-17(22-11)23-16(26)13-5-6-15(25)24(9-13)8-12-3-2-4-14(7-12)18(19,20)21/h2-7,9-10H,8H2,1H3,(H,22,23,26). The topological polar surface area (TPSA) is 64.0 Å². The number of hydrogen-bond acceptors (Lipinski definition) is 4. The molecule has 2 heterocycles. The summed E-state index contributed by atoms with van der Waals surface area (Å²) in [5, 5.41) is 4.83. The van der Waals surface area contributed by atoms with Gasteiger partial charge in [0.15, 0.2) is 5.13 Å². The summed E-state index contributed by atoms with van der Waals surface area (Å²) in [7, 11) is 0. The lowest BCUT2D eigenvalue weighted by Crippen LogP contribution is -2.22. The van der Waals surface area contributed by atoms with E-state index in [0.717, 1.165) is 17.8 Å². The first kappa shape index (κ1) is 18.8. The van der Waals surface area contributed by atoms with Crippen molar-refractivity contribution in [3.8, 4) is 0 Å². The first-order valence-corrected chi connectivity index (χ1v) is 8.70. The molecule has 0 spiro atoms. The zero-order valence-electron chi connectivity index (χ0n) is 14.1. The van der Waals surface area contributed by atoms with Gasteiger partial charge in [0.1, 0.15) is 0 Å². The van der Waals surface area contributed by atoms with Gasteiger partial charge in [0.2, 0.25) is 0 Å². The summed E-state index contributed by atoms with van der Waals surface area (Å²) >= 11 is 1.27. The molecule has 1 N–H and O–H groups in total. The second-order valence-electron chi connectivity index (χ2n) is 5.83. The number of carbonyl (C=O) groups is 1. The summed E-state index contributed by atoms with van der Waals surface area (Å²) in [5.41, 5.74) is 0.0643. The van der Waals surface area contributed by atoms with Crippen molar-refractivity contribution in [2.75, 3.05) is 5.32 Å². The van der Waals surface area contributed by atoms with E-state index in [1.54, 1.807) is 12.3 Å². The van der Waals surface area contributed by atoms with E-state index in [0.29, 0.717) is 10.7 Å². The molecule has 5 nitrogen and oxygen atoms in total. The predicted octanol–water partition coefficient (Wildman–Crippen LogP) is 3.93. The molecule has 9 heteroatoms. The molecule has 0 aliphatic carbocycles. The lowest BCUT2D eigenvalue weighted by Gasteiger charge is -2.11. The Morgan fingerprint density at radius 2 is 2.04 bits per heavy atom. The molecule has 0 aliphatic rings. The fraction of sp³-hybridized carbons (Fsp3) is 0.167. The number of carbonyl (C=O) groups excluding carboxylic acids is 1. The minimum Gasteiger partial charge on any atom is -0.310 e. The number of nitrogens with zero attached hydrogens (tertiary/aromatic N) is 2. The van der Waals surface area contributed by atoms with E-state index < -0.39 is 23.2 Å². The quantitative estimate of drug-likeness (QED) is 0.731. The Kier molecular flexibility index (Phi) is 5.13. The molecule has 140 valence electrons. The number of alkyl halides is 3. The summed E-state index contributed by atoms with van der Waals surface area (Å²) in [6, 6.07) is 7.29. The van der Waals surface area contributed by atoms with Crippen LogP contribution in [0.5, 0.6) is 0 Å². The van der Waals surface area contributed by atoms with Crippen LogP contribution in [0, 0.1) is 6.92 Å². The van der Waals surface area contributed by atoms with Gasteiger partial charge in [-0.1, -0.05) is 12.1 Å². The SMILES string of the molecule is Cc1csc(NC(=O)c2ccc(=O)n(Cc3cccc(C(F)(F)F)c3)c2)n1. The summed E-state index contributed by atoms with van der Waals surface area (Å²) < 4.78 is 39.7.